The third kappa shape index (κ3) is 4.39. The average Bonchev–Trinajstić information content (AvgIpc) is 3.29. The van der Waals surface area contributed by atoms with Gasteiger partial charge in [0, 0.05) is 37.6 Å². The fraction of sp³-hybridized carbons (Fsp3) is 0.238. The Morgan fingerprint density at radius 2 is 1.76 bits per heavy atom. The van der Waals surface area contributed by atoms with Gasteiger partial charge in [0.05, 0.1) is 6.04 Å². The number of benzene rings is 2. The van der Waals surface area contributed by atoms with Crippen molar-refractivity contribution in [1.82, 2.24) is 4.31 Å². The van der Waals surface area contributed by atoms with E-state index in [4.69, 9.17) is 0 Å². The summed E-state index contributed by atoms with van der Waals surface area (Å²) in [7, 11) is -3.49. The summed E-state index contributed by atoms with van der Waals surface area (Å²) in [6.45, 7) is 1.99. The molecule has 1 fully saturated rings. The highest BCUT2D eigenvalue weighted by molar-refractivity contribution is 7.91. The quantitative estimate of drug-likeness (QED) is 0.628. The van der Waals surface area contributed by atoms with E-state index < -0.39 is 10.0 Å². The van der Waals surface area contributed by atoms with Gasteiger partial charge in [0.2, 0.25) is 0 Å². The van der Waals surface area contributed by atoms with Gasteiger partial charge in [-0.25, -0.2) is 8.42 Å². The number of rotatable bonds is 6. The Bertz CT molecular complexity index is 1020. The van der Waals surface area contributed by atoms with Crippen LogP contribution in [0.2, 0.25) is 0 Å². The maximum Gasteiger partial charge on any atom is 0.252 e. The molecular formula is C21H23N3O3S2. The Hall–Kier alpha value is -2.55. The standard InChI is InChI=1S/C21H23N3O3S2/c25-20-10-8-18(9-11-20)24-13-12-23(29(26,27)21-7-4-14-28-21)16-19(24)15-22-17-5-2-1-3-6-17/h1-11,14,19,22,25H,12-13,15-16H2/t19-/m0/s1. The number of anilines is 2. The van der Waals surface area contributed by atoms with Gasteiger partial charge in [-0.3, -0.25) is 0 Å². The van der Waals surface area contributed by atoms with Gasteiger partial charge in [-0.2, -0.15) is 4.31 Å². The second-order valence-corrected chi connectivity index (χ2v) is 10.0. The van der Waals surface area contributed by atoms with E-state index in [1.54, 1.807) is 34.0 Å². The van der Waals surface area contributed by atoms with Gasteiger partial charge < -0.3 is 15.3 Å². The number of hydrogen-bond acceptors (Lipinski definition) is 6. The van der Waals surface area contributed by atoms with Crippen molar-refractivity contribution in [2.45, 2.75) is 10.3 Å². The zero-order chi connectivity index (χ0) is 20.3. The molecule has 0 bridgehead atoms. The number of nitrogens with one attached hydrogen (secondary N) is 1. The molecule has 1 atom stereocenters. The van der Waals surface area contributed by atoms with E-state index in [-0.39, 0.29) is 11.8 Å². The first kappa shape index (κ1) is 19.8. The molecule has 1 aromatic heterocycles. The lowest BCUT2D eigenvalue weighted by atomic mass is 10.1. The molecule has 8 heteroatoms. The summed E-state index contributed by atoms with van der Waals surface area (Å²) in [5.41, 5.74) is 1.97. The number of nitrogens with zero attached hydrogens (tertiary/aromatic N) is 2. The number of piperazine rings is 1. The molecule has 2 heterocycles. The van der Waals surface area contributed by atoms with Gasteiger partial charge in [0.1, 0.15) is 9.96 Å². The third-order valence-corrected chi connectivity index (χ3v) is 8.27. The summed E-state index contributed by atoms with van der Waals surface area (Å²) in [5, 5.41) is 14.8. The highest BCUT2D eigenvalue weighted by Crippen LogP contribution is 2.27. The van der Waals surface area contributed by atoms with Crippen LogP contribution in [0.3, 0.4) is 0 Å². The van der Waals surface area contributed by atoms with E-state index in [1.165, 1.54) is 11.3 Å². The van der Waals surface area contributed by atoms with Crippen molar-refractivity contribution < 1.29 is 13.5 Å². The summed E-state index contributed by atoms with van der Waals surface area (Å²) in [6, 6.07) is 20.3. The van der Waals surface area contributed by atoms with Crippen LogP contribution in [0, 0.1) is 0 Å². The van der Waals surface area contributed by atoms with Crippen LogP contribution >= 0.6 is 11.3 Å². The molecule has 6 nitrogen and oxygen atoms in total. The Morgan fingerprint density at radius 3 is 2.45 bits per heavy atom. The monoisotopic (exact) mass is 429 g/mol. The average molecular weight is 430 g/mol. The number of aromatic hydroxyl groups is 1. The fourth-order valence-electron chi connectivity index (χ4n) is 3.53. The fourth-order valence-corrected chi connectivity index (χ4v) is 6.15. The molecule has 0 saturated carbocycles. The van der Waals surface area contributed by atoms with Crippen LogP contribution in [0.15, 0.2) is 76.3 Å². The number of phenols is 1. The zero-order valence-electron chi connectivity index (χ0n) is 15.8. The normalized spacial score (nSPS) is 17.9. The van der Waals surface area contributed by atoms with E-state index in [9.17, 15) is 13.5 Å². The molecule has 0 radical (unpaired) electrons. The molecule has 4 rings (SSSR count). The number of hydrogen-bond donors (Lipinski definition) is 2. The van der Waals surface area contributed by atoms with Crippen LogP contribution in [0.25, 0.3) is 0 Å². The Morgan fingerprint density at radius 1 is 1.00 bits per heavy atom. The van der Waals surface area contributed by atoms with Gasteiger partial charge >= 0.3 is 0 Å². The summed E-state index contributed by atoms with van der Waals surface area (Å²) >= 11 is 1.25. The molecule has 2 N–H and O–H groups in total. The van der Waals surface area contributed by atoms with Crippen LogP contribution < -0.4 is 10.2 Å². The van der Waals surface area contributed by atoms with Crippen molar-refractivity contribution >= 4 is 32.7 Å². The van der Waals surface area contributed by atoms with E-state index in [0.29, 0.717) is 30.4 Å². The predicted molar refractivity (Wildman–Crippen MR) is 117 cm³/mol. The van der Waals surface area contributed by atoms with Gasteiger partial charge in [-0.05, 0) is 47.8 Å². The van der Waals surface area contributed by atoms with Crippen LogP contribution in [0.5, 0.6) is 5.75 Å². The highest BCUT2D eigenvalue weighted by atomic mass is 32.2. The van der Waals surface area contributed by atoms with Gasteiger partial charge in [0.15, 0.2) is 0 Å². The predicted octanol–water partition coefficient (Wildman–Crippen LogP) is 3.45. The van der Waals surface area contributed by atoms with E-state index >= 15 is 0 Å². The molecule has 29 heavy (non-hydrogen) atoms. The molecule has 152 valence electrons. The number of thiophene rings is 1. The minimum atomic E-state index is -3.49. The van der Waals surface area contributed by atoms with Crippen molar-refractivity contribution in [3.8, 4) is 5.75 Å². The SMILES string of the molecule is O=S(=O)(c1cccs1)N1CCN(c2ccc(O)cc2)[C@@H](CNc2ccccc2)C1. The largest absolute Gasteiger partial charge is 0.508 e. The molecule has 1 aliphatic heterocycles. The maximum atomic E-state index is 13.0. The first-order chi connectivity index (χ1) is 14.0. The topological polar surface area (TPSA) is 72.9 Å². The smallest absolute Gasteiger partial charge is 0.252 e. The van der Waals surface area contributed by atoms with E-state index in [1.807, 2.05) is 42.5 Å². The molecule has 0 aliphatic carbocycles. The van der Waals surface area contributed by atoms with Crippen LogP contribution in [0.4, 0.5) is 11.4 Å². The van der Waals surface area contributed by atoms with Crippen molar-refractivity contribution in [3.63, 3.8) is 0 Å². The molecule has 2 aromatic carbocycles. The lowest BCUT2D eigenvalue weighted by Crippen LogP contribution is -2.57. The van der Waals surface area contributed by atoms with Crippen molar-refractivity contribution in [2.75, 3.05) is 36.4 Å². The van der Waals surface area contributed by atoms with Crippen LogP contribution in [0.1, 0.15) is 0 Å². The molecule has 1 saturated heterocycles. The molecule has 0 unspecified atom stereocenters. The number of sulfonamides is 1. The minimum absolute atomic E-state index is 0.0526. The lowest BCUT2D eigenvalue weighted by Gasteiger charge is -2.42. The minimum Gasteiger partial charge on any atom is -0.508 e. The summed E-state index contributed by atoms with van der Waals surface area (Å²) < 4.78 is 28.0. The maximum absolute atomic E-state index is 13.0. The first-order valence-corrected chi connectivity index (χ1v) is 11.7. The Kier molecular flexibility index (Phi) is 5.75. The number of para-hydroxylation sites is 1. The molecule has 0 spiro atoms. The highest BCUT2D eigenvalue weighted by Gasteiger charge is 2.34. The van der Waals surface area contributed by atoms with Crippen molar-refractivity contribution in [3.05, 3.63) is 72.1 Å². The Labute approximate surface area is 175 Å². The van der Waals surface area contributed by atoms with Crippen LogP contribution in [-0.2, 0) is 10.0 Å². The summed E-state index contributed by atoms with van der Waals surface area (Å²) in [4.78, 5) is 2.20. The van der Waals surface area contributed by atoms with E-state index in [0.717, 1.165) is 11.4 Å². The zero-order valence-corrected chi connectivity index (χ0v) is 17.4. The second kappa shape index (κ2) is 8.44. The summed E-state index contributed by atoms with van der Waals surface area (Å²) in [6.07, 6.45) is 0. The summed E-state index contributed by atoms with van der Waals surface area (Å²) in [5.74, 6) is 0.214. The lowest BCUT2D eigenvalue weighted by molar-refractivity contribution is 0.338. The third-order valence-electron chi connectivity index (χ3n) is 5.03. The molecule has 3 aromatic rings. The molecule has 0 amide bonds. The Balaban J connectivity index is 1.57. The van der Waals surface area contributed by atoms with Crippen molar-refractivity contribution in [2.24, 2.45) is 0 Å². The van der Waals surface area contributed by atoms with Gasteiger partial charge in [0.25, 0.3) is 10.0 Å². The second-order valence-electron chi connectivity index (χ2n) is 6.91. The van der Waals surface area contributed by atoms with Gasteiger partial charge in [-0.15, -0.1) is 11.3 Å². The van der Waals surface area contributed by atoms with E-state index in [2.05, 4.69) is 10.2 Å². The molecular weight excluding hydrogens is 406 g/mol. The van der Waals surface area contributed by atoms with Crippen LogP contribution in [-0.4, -0.2) is 50.1 Å². The van der Waals surface area contributed by atoms with Gasteiger partial charge in [-0.1, -0.05) is 24.3 Å². The van der Waals surface area contributed by atoms with Crippen molar-refractivity contribution in [1.29, 1.82) is 0 Å². The molecule has 1 aliphatic rings. The first-order valence-electron chi connectivity index (χ1n) is 9.42. The number of phenolic OH excluding ortho intramolecular Hbond substituents is 1.